The van der Waals surface area contributed by atoms with Gasteiger partial charge in [-0.15, -0.1) is 0 Å². The zero-order chi connectivity index (χ0) is 25.2. The Labute approximate surface area is 205 Å². The lowest BCUT2D eigenvalue weighted by atomic mass is 10.0. The summed E-state index contributed by atoms with van der Waals surface area (Å²) in [4.78, 5) is 17.0. The maximum atomic E-state index is 13.6. The molecular weight excluding hydrogens is 448 g/mol. The summed E-state index contributed by atoms with van der Waals surface area (Å²) in [6.07, 6.45) is 0.765. The highest BCUT2D eigenvalue weighted by atomic mass is 19.1. The fraction of sp³-hybridized carbons (Fsp3) is 0.407. The van der Waals surface area contributed by atoms with Gasteiger partial charge in [-0.1, -0.05) is 12.1 Å². The van der Waals surface area contributed by atoms with Gasteiger partial charge >= 0.3 is 6.03 Å². The number of hydrogen-bond donors (Lipinski definition) is 1. The van der Waals surface area contributed by atoms with Gasteiger partial charge in [0.2, 0.25) is 0 Å². The number of benzene rings is 2. The van der Waals surface area contributed by atoms with Crippen LogP contribution in [0.3, 0.4) is 0 Å². The zero-order valence-electron chi connectivity index (χ0n) is 20.8. The maximum Gasteiger partial charge on any atom is 0.318 e. The van der Waals surface area contributed by atoms with E-state index >= 15 is 0 Å². The number of nitrogens with zero attached hydrogens (tertiary/aromatic N) is 4. The fourth-order valence-electron chi connectivity index (χ4n) is 4.36. The van der Waals surface area contributed by atoms with Gasteiger partial charge < -0.3 is 10.2 Å². The average Bonchev–Trinajstić information content (AvgIpc) is 3.16. The van der Waals surface area contributed by atoms with Crippen molar-refractivity contribution in [1.29, 1.82) is 0 Å². The zero-order valence-corrected chi connectivity index (χ0v) is 20.8. The second-order valence-electron chi connectivity index (χ2n) is 10.0. The highest BCUT2D eigenvalue weighted by molar-refractivity contribution is 5.75. The molecule has 1 aromatic heterocycles. The number of halogens is 2. The van der Waals surface area contributed by atoms with Gasteiger partial charge in [0.25, 0.3) is 0 Å². The normalized spacial score (nSPS) is 14.0. The molecule has 0 bridgehead atoms. The third-order valence-electron chi connectivity index (χ3n) is 6.10. The predicted molar refractivity (Wildman–Crippen MR) is 132 cm³/mol. The van der Waals surface area contributed by atoms with Crippen LogP contribution in [-0.2, 0) is 26.1 Å². The number of nitrogens with one attached hydrogen (secondary N) is 1. The molecule has 1 aliphatic heterocycles. The quantitative estimate of drug-likeness (QED) is 0.537. The third-order valence-corrected chi connectivity index (χ3v) is 6.10. The molecule has 0 spiro atoms. The van der Waals surface area contributed by atoms with Gasteiger partial charge in [-0.3, -0.25) is 4.90 Å². The van der Waals surface area contributed by atoms with Crippen molar-refractivity contribution in [3.05, 3.63) is 82.7 Å². The second kappa shape index (κ2) is 10.2. The van der Waals surface area contributed by atoms with Gasteiger partial charge in [-0.2, -0.15) is 5.10 Å². The molecule has 0 aliphatic carbocycles. The Hall–Kier alpha value is -3.26. The number of rotatable bonds is 6. The monoisotopic (exact) mass is 481 g/mol. The van der Waals surface area contributed by atoms with Crippen LogP contribution < -0.4 is 5.32 Å². The molecule has 2 heterocycles. The lowest BCUT2D eigenvalue weighted by Crippen LogP contribution is -2.48. The topological polar surface area (TPSA) is 53.4 Å². The lowest BCUT2D eigenvalue weighted by molar-refractivity contribution is 0.187. The van der Waals surface area contributed by atoms with Crippen molar-refractivity contribution in [1.82, 2.24) is 24.9 Å². The van der Waals surface area contributed by atoms with Gasteiger partial charge in [0, 0.05) is 43.7 Å². The largest absolute Gasteiger partial charge is 0.333 e. The summed E-state index contributed by atoms with van der Waals surface area (Å²) in [5.74, 6) is -0.540. The van der Waals surface area contributed by atoms with Crippen molar-refractivity contribution >= 4 is 6.03 Å². The fourth-order valence-corrected chi connectivity index (χ4v) is 4.36. The summed E-state index contributed by atoms with van der Waals surface area (Å²) in [6.45, 7) is 10.9. The first kappa shape index (κ1) is 24.9. The van der Waals surface area contributed by atoms with Crippen molar-refractivity contribution in [2.45, 2.75) is 59.3 Å². The Bertz CT molecular complexity index is 1170. The first-order chi connectivity index (χ1) is 16.6. The van der Waals surface area contributed by atoms with Crippen LogP contribution in [0.1, 0.15) is 50.2 Å². The van der Waals surface area contributed by atoms with Gasteiger partial charge in [0.05, 0.1) is 23.6 Å². The number of amides is 2. The van der Waals surface area contributed by atoms with E-state index in [4.69, 9.17) is 5.10 Å². The highest BCUT2D eigenvalue weighted by Gasteiger charge is 2.28. The van der Waals surface area contributed by atoms with Gasteiger partial charge in [-0.05, 0) is 69.7 Å². The molecule has 4 rings (SSSR count). The van der Waals surface area contributed by atoms with Gasteiger partial charge in [0.15, 0.2) is 0 Å². The summed E-state index contributed by atoms with van der Waals surface area (Å²) >= 11 is 0. The molecular formula is C27H33F2N5O. The SMILES string of the molecule is CCN(Cc1nn(-c2ccc(F)cc2)c2c1CN(Cc1ccc(F)cc1)CC2)C(=O)NC(C)(C)C. The first-order valence-electron chi connectivity index (χ1n) is 12.0. The van der Waals surface area contributed by atoms with E-state index in [0.717, 1.165) is 41.2 Å². The van der Waals surface area contributed by atoms with E-state index in [9.17, 15) is 13.6 Å². The molecule has 3 aromatic rings. The molecule has 0 fully saturated rings. The van der Waals surface area contributed by atoms with Crippen LogP contribution in [0.4, 0.5) is 13.6 Å². The molecule has 0 saturated heterocycles. The number of hydrogen-bond acceptors (Lipinski definition) is 3. The summed E-state index contributed by atoms with van der Waals surface area (Å²) in [6, 6.07) is 12.8. The lowest BCUT2D eigenvalue weighted by Gasteiger charge is -2.29. The van der Waals surface area contributed by atoms with Crippen molar-refractivity contribution in [3.8, 4) is 5.69 Å². The number of carbonyl (C=O) groups excluding carboxylic acids is 1. The number of urea groups is 1. The summed E-state index contributed by atoms with van der Waals surface area (Å²) < 4.78 is 28.8. The van der Waals surface area contributed by atoms with E-state index in [1.807, 2.05) is 44.5 Å². The van der Waals surface area contributed by atoms with Crippen molar-refractivity contribution in [2.75, 3.05) is 13.1 Å². The van der Waals surface area contributed by atoms with E-state index in [1.165, 1.54) is 24.3 Å². The number of fused-ring (bicyclic) bond motifs is 1. The molecule has 35 heavy (non-hydrogen) atoms. The molecule has 0 radical (unpaired) electrons. The molecule has 1 N–H and O–H groups in total. The highest BCUT2D eigenvalue weighted by Crippen LogP contribution is 2.27. The van der Waals surface area contributed by atoms with Crippen LogP contribution in [0.15, 0.2) is 48.5 Å². The van der Waals surface area contributed by atoms with Crippen molar-refractivity contribution in [3.63, 3.8) is 0 Å². The van der Waals surface area contributed by atoms with E-state index in [0.29, 0.717) is 26.2 Å². The molecule has 0 atom stereocenters. The van der Waals surface area contributed by atoms with Crippen LogP contribution in [0.25, 0.3) is 5.69 Å². The van der Waals surface area contributed by atoms with Crippen molar-refractivity contribution < 1.29 is 13.6 Å². The molecule has 0 unspecified atom stereocenters. The molecule has 186 valence electrons. The average molecular weight is 482 g/mol. The summed E-state index contributed by atoms with van der Waals surface area (Å²) in [7, 11) is 0. The Balaban J connectivity index is 1.64. The van der Waals surface area contributed by atoms with Gasteiger partial charge in [-0.25, -0.2) is 18.3 Å². The van der Waals surface area contributed by atoms with Crippen molar-refractivity contribution in [2.24, 2.45) is 0 Å². The Kier molecular flexibility index (Phi) is 7.21. The predicted octanol–water partition coefficient (Wildman–Crippen LogP) is 5.04. The van der Waals surface area contributed by atoms with Crippen LogP contribution >= 0.6 is 0 Å². The minimum atomic E-state index is -0.344. The molecule has 2 amide bonds. The van der Waals surface area contributed by atoms with E-state index in [1.54, 1.807) is 17.0 Å². The Morgan fingerprint density at radius 2 is 1.69 bits per heavy atom. The Morgan fingerprint density at radius 1 is 1.06 bits per heavy atom. The summed E-state index contributed by atoms with van der Waals surface area (Å²) in [5.41, 5.74) is 4.49. The minimum Gasteiger partial charge on any atom is -0.333 e. The number of aromatic nitrogens is 2. The molecule has 1 aliphatic rings. The number of carbonyl (C=O) groups is 1. The molecule has 8 heteroatoms. The third kappa shape index (κ3) is 6.06. The van der Waals surface area contributed by atoms with Gasteiger partial charge in [0.1, 0.15) is 11.6 Å². The first-order valence-corrected chi connectivity index (χ1v) is 12.0. The van der Waals surface area contributed by atoms with Crippen LogP contribution in [0.5, 0.6) is 0 Å². The Morgan fingerprint density at radius 3 is 2.29 bits per heavy atom. The standard InChI is InChI=1S/C27H33F2N5O/c1-5-33(26(35)30-27(2,3)4)18-24-23-17-32(16-19-6-8-20(28)9-7-19)15-14-25(23)34(31-24)22-12-10-21(29)11-13-22/h6-13H,5,14-18H2,1-4H3,(H,30,35). The van der Waals surface area contributed by atoms with Crippen LogP contribution in [0.2, 0.25) is 0 Å². The smallest absolute Gasteiger partial charge is 0.318 e. The van der Waals surface area contributed by atoms with E-state index < -0.39 is 0 Å². The summed E-state index contributed by atoms with van der Waals surface area (Å²) in [5, 5.41) is 7.94. The van der Waals surface area contributed by atoms with E-state index in [-0.39, 0.29) is 23.2 Å². The van der Waals surface area contributed by atoms with Crippen LogP contribution in [-0.4, -0.2) is 44.2 Å². The van der Waals surface area contributed by atoms with Crippen LogP contribution in [0, 0.1) is 11.6 Å². The molecule has 2 aromatic carbocycles. The molecule has 0 saturated carbocycles. The molecule has 6 nitrogen and oxygen atoms in total. The van der Waals surface area contributed by atoms with E-state index in [2.05, 4.69) is 10.2 Å². The maximum absolute atomic E-state index is 13.6. The second-order valence-corrected chi connectivity index (χ2v) is 10.0. The minimum absolute atomic E-state index is 0.135.